The first kappa shape index (κ1) is 20.4. The first-order valence-electron chi connectivity index (χ1n) is 8.40. The van der Waals surface area contributed by atoms with E-state index in [-0.39, 0.29) is 10.8 Å². The molecule has 0 aliphatic heterocycles. The van der Waals surface area contributed by atoms with Crippen LogP contribution in [0, 0.1) is 5.92 Å². The highest BCUT2D eigenvalue weighted by molar-refractivity contribution is 7.90. The van der Waals surface area contributed by atoms with E-state index < -0.39 is 27.8 Å². The molecule has 0 saturated heterocycles. The summed E-state index contributed by atoms with van der Waals surface area (Å²) in [6.45, 7) is 3.61. The van der Waals surface area contributed by atoms with Crippen molar-refractivity contribution in [3.8, 4) is 0 Å². The normalized spacial score (nSPS) is 12.3. The van der Waals surface area contributed by atoms with Crippen LogP contribution in [-0.2, 0) is 14.6 Å². The maximum atomic E-state index is 12.6. The van der Waals surface area contributed by atoms with Gasteiger partial charge in [-0.2, -0.15) is 0 Å². The van der Waals surface area contributed by atoms with Crippen molar-refractivity contribution in [2.45, 2.75) is 24.8 Å². The quantitative estimate of drug-likeness (QED) is 0.706. The third-order valence-corrected chi connectivity index (χ3v) is 4.91. The number of carbonyl (C=O) groups excluding carboxylic acids is 2. The number of anilines is 2. The number of nitrogens with one attached hydrogen (secondary N) is 3. The van der Waals surface area contributed by atoms with E-state index in [0.717, 1.165) is 6.26 Å². The molecule has 3 amide bonds. The molecule has 0 heterocycles. The Morgan fingerprint density at radius 1 is 0.889 bits per heavy atom. The highest BCUT2D eigenvalue weighted by Gasteiger charge is 2.24. The van der Waals surface area contributed by atoms with Crippen LogP contribution in [0.2, 0.25) is 0 Å². The summed E-state index contributed by atoms with van der Waals surface area (Å²) in [5, 5.41) is 7.97. The van der Waals surface area contributed by atoms with Gasteiger partial charge in [0.2, 0.25) is 5.91 Å². The minimum absolute atomic E-state index is 0.108. The van der Waals surface area contributed by atoms with Crippen LogP contribution < -0.4 is 16.0 Å². The molecule has 7 nitrogen and oxygen atoms in total. The van der Waals surface area contributed by atoms with Gasteiger partial charge in [-0.3, -0.25) is 4.79 Å². The lowest BCUT2D eigenvalue weighted by Crippen LogP contribution is -2.48. The van der Waals surface area contributed by atoms with Crippen LogP contribution in [0.5, 0.6) is 0 Å². The van der Waals surface area contributed by atoms with Crippen molar-refractivity contribution in [2.24, 2.45) is 5.92 Å². The molecule has 1 unspecified atom stereocenters. The van der Waals surface area contributed by atoms with Gasteiger partial charge in [-0.1, -0.05) is 38.1 Å². The SMILES string of the molecule is CC(C)C(NC(=O)Nc1ccccc1)C(=O)Nc1cccc(S(C)(=O)=O)c1. The molecule has 0 saturated carbocycles. The maximum Gasteiger partial charge on any atom is 0.319 e. The second kappa shape index (κ2) is 8.68. The number of carbonyl (C=O) groups is 2. The number of rotatable bonds is 6. The lowest BCUT2D eigenvalue weighted by atomic mass is 10.0. The summed E-state index contributed by atoms with van der Waals surface area (Å²) in [6, 6.07) is 13.6. The third-order valence-electron chi connectivity index (χ3n) is 3.80. The lowest BCUT2D eigenvalue weighted by Gasteiger charge is -2.22. The molecule has 144 valence electrons. The Labute approximate surface area is 159 Å². The summed E-state index contributed by atoms with van der Waals surface area (Å²) in [5.41, 5.74) is 0.956. The number of hydrogen-bond donors (Lipinski definition) is 3. The topological polar surface area (TPSA) is 104 Å². The molecule has 2 aromatic rings. The highest BCUT2D eigenvalue weighted by atomic mass is 32.2. The molecule has 27 heavy (non-hydrogen) atoms. The number of benzene rings is 2. The molecule has 8 heteroatoms. The maximum absolute atomic E-state index is 12.6. The first-order chi connectivity index (χ1) is 12.7. The average molecular weight is 389 g/mol. The Hall–Kier alpha value is -2.87. The van der Waals surface area contributed by atoms with Crippen molar-refractivity contribution in [3.63, 3.8) is 0 Å². The van der Waals surface area contributed by atoms with Gasteiger partial charge in [0.25, 0.3) is 0 Å². The smallest absolute Gasteiger partial charge is 0.319 e. The summed E-state index contributed by atoms with van der Waals surface area (Å²) in [7, 11) is -3.38. The molecule has 0 spiro atoms. The van der Waals surface area contributed by atoms with Gasteiger partial charge >= 0.3 is 6.03 Å². The van der Waals surface area contributed by atoms with E-state index in [1.54, 1.807) is 50.2 Å². The van der Waals surface area contributed by atoms with Crippen LogP contribution in [0.4, 0.5) is 16.2 Å². The minimum Gasteiger partial charge on any atom is -0.326 e. The number of sulfone groups is 1. The zero-order valence-corrected chi connectivity index (χ0v) is 16.2. The van der Waals surface area contributed by atoms with Gasteiger partial charge in [-0.15, -0.1) is 0 Å². The Balaban J connectivity index is 2.08. The monoisotopic (exact) mass is 389 g/mol. The first-order valence-corrected chi connectivity index (χ1v) is 10.3. The minimum atomic E-state index is -3.38. The van der Waals surface area contributed by atoms with Crippen LogP contribution in [0.3, 0.4) is 0 Å². The summed E-state index contributed by atoms with van der Waals surface area (Å²) >= 11 is 0. The number of para-hydroxylation sites is 1. The molecule has 0 fully saturated rings. The molecule has 0 aliphatic carbocycles. The van der Waals surface area contributed by atoms with E-state index in [2.05, 4.69) is 16.0 Å². The van der Waals surface area contributed by atoms with Gasteiger partial charge < -0.3 is 16.0 Å². The van der Waals surface area contributed by atoms with Gasteiger partial charge in [-0.25, -0.2) is 13.2 Å². The van der Waals surface area contributed by atoms with E-state index in [9.17, 15) is 18.0 Å². The molecule has 0 bridgehead atoms. The Morgan fingerprint density at radius 2 is 1.52 bits per heavy atom. The zero-order valence-electron chi connectivity index (χ0n) is 15.4. The largest absolute Gasteiger partial charge is 0.326 e. The fraction of sp³-hybridized carbons (Fsp3) is 0.263. The van der Waals surface area contributed by atoms with Crippen LogP contribution in [0.1, 0.15) is 13.8 Å². The number of hydrogen-bond acceptors (Lipinski definition) is 4. The van der Waals surface area contributed by atoms with Crippen molar-refractivity contribution in [1.82, 2.24) is 5.32 Å². The van der Waals surface area contributed by atoms with Crippen LogP contribution in [0.15, 0.2) is 59.5 Å². The molecule has 3 N–H and O–H groups in total. The van der Waals surface area contributed by atoms with E-state index in [0.29, 0.717) is 11.4 Å². The second-order valence-corrected chi connectivity index (χ2v) is 8.49. The molecule has 2 rings (SSSR count). The van der Waals surface area contributed by atoms with Crippen molar-refractivity contribution < 1.29 is 18.0 Å². The molecule has 0 radical (unpaired) electrons. The highest BCUT2D eigenvalue weighted by Crippen LogP contribution is 2.16. The molecule has 2 aromatic carbocycles. The van der Waals surface area contributed by atoms with E-state index in [4.69, 9.17) is 0 Å². The van der Waals surface area contributed by atoms with Gasteiger partial charge in [0.05, 0.1) is 4.90 Å². The standard InChI is InChI=1S/C19H23N3O4S/c1-13(2)17(22-19(24)21-14-8-5-4-6-9-14)18(23)20-15-10-7-11-16(12-15)27(3,25)26/h4-13,17H,1-3H3,(H,20,23)(H2,21,22,24). The van der Waals surface area contributed by atoms with Crippen molar-refractivity contribution in [1.29, 1.82) is 0 Å². The van der Waals surface area contributed by atoms with E-state index in [1.807, 2.05) is 6.07 Å². The second-order valence-electron chi connectivity index (χ2n) is 6.48. The zero-order chi connectivity index (χ0) is 20.0. The lowest BCUT2D eigenvalue weighted by molar-refractivity contribution is -0.118. The van der Waals surface area contributed by atoms with Crippen LogP contribution in [-0.4, -0.2) is 32.7 Å². The van der Waals surface area contributed by atoms with Gasteiger partial charge in [0, 0.05) is 17.6 Å². The predicted octanol–water partition coefficient (Wildman–Crippen LogP) is 2.87. The summed E-state index contributed by atoms with van der Waals surface area (Å²) in [5.74, 6) is -0.608. The van der Waals surface area contributed by atoms with Gasteiger partial charge in [0.15, 0.2) is 9.84 Å². The fourth-order valence-corrected chi connectivity index (χ4v) is 3.06. The summed E-state index contributed by atoms with van der Waals surface area (Å²) in [4.78, 5) is 24.9. The van der Waals surface area contributed by atoms with E-state index in [1.165, 1.54) is 12.1 Å². The summed E-state index contributed by atoms with van der Waals surface area (Å²) < 4.78 is 23.3. The van der Waals surface area contributed by atoms with Crippen LogP contribution in [0.25, 0.3) is 0 Å². The average Bonchev–Trinajstić information content (AvgIpc) is 2.59. The third kappa shape index (κ3) is 6.10. The predicted molar refractivity (Wildman–Crippen MR) is 105 cm³/mol. The summed E-state index contributed by atoms with van der Waals surface area (Å²) in [6.07, 6.45) is 1.10. The molecular formula is C19H23N3O4S. The molecule has 0 aromatic heterocycles. The van der Waals surface area contributed by atoms with E-state index >= 15 is 0 Å². The van der Waals surface area contributed by atoms with Gasteiger partial charge in [-0.05, 0) is 36.2 Å². The Bertz CT molecular complexity index is 912. The molecule has 1 atom stereocenters. The molecule has 0 aliphatic rings. The van der Waals surface area contributed by atoms with Crippen molar-refractivity contribution in [3.05, 3.63) is 54.6 Å². The van der Waals surface area contributed by atoms with Crippen molar-refractivity contribution in [2.75, 3.05) is 16.9 Å². The number of amides is 3. The number of urea groups is 1. The Morgan fingerprint density at radius 3 is 2.11 bits per heavy atom. The van der Waals surface area contributed by atoms with Gasteiger partial charge in [0.1, 0.15) is 6.04 Å². The Kier molecular flexibility index (Phi) is 6.57. The fourth-order valence-electron chi connectivity index (χ4n) is 2.39. The van der Waals surface area contributed by atoms with Crippen molar-refractivity contribution >= 4 is 33.2 Å². The molecular weight excluding hydrogens is 366 g/mol. The van der Waals surface area contributed by atoms with Crippen LogP contribution >= 0.6 is 0 Å².